The number of likely N-dealkylation sites (tertiary alicyclic amines) is 1. The monoisotopic (exact) mass is 436 g/mol. The number of fused-ring (bicyclic) bond motifs is 1. The number of amides is 1. The van der Waals surface area contributed by atoms with Crippen LogP contribution in [0, 0.1) is 6.92 Å². The second-order valence-corrected chi connectivity index (χ2v) is 8.17. The van der Waals surface area contributed by atoms with Crippen LogP contribution >= 0.6 is 23.2 Å². The van der Waals surface area contributed by atoms with Gasteiger partial charge in [0.1, 0.15) is 22.9 Å². The van der Waals surface area contributed by atoms with Crippen molar-refractivity contribution in [3.8, 4) is 11.1 Å². The summed E-state index contributed by atoms with van der Waals surface area (Å²) in [5, 5.41) is 0.471. The molecular formula is C20H19Cl2FN4O2. The molecule has 0 aliphatic carbocycles. The lowest BCUT2D eigenvalue weighted by Gasteiger charge is -2.44. The largest absolute Gasteiger partial charge is 0.335 e. The summed E-state index contributed by atoms with van der Waals surface area (Å²) in [6.45, 7) is 3.61. The first-order valence-electron chi connectivity index (χ1n) is 9.21. The molecule has 0 atom stereocenters. The molecule has 0 unspecified atom stereocenters. The first-order valence-corrected chi connectivity index (χ1v) is 9.97. The smallest absolute Gasteiger partial charge is 0.275 e. The van der Waals surface area contributed by atoms with Crippen molar-refractivity contribution < 1.29 is 9.18 Å². The number of rotatable bonds is 4. The number of aryl methyl sites for hydroxylation is 1. The number of aromatic nitrogens is 3. The molecule has 9 heteroatoms. The highest BCUT2D eigenvalue weighted by Gasteiger charge is 2.44. The number of carbonyl (C=O) groups is 1. The topological polar surface area (TPSA) is 59.6 Å². The SMILES string of the molecule is CCC1(F)CN(C(=O)Cn2cc(C)n3ccc(-c4cnc(Cl)c(Cl)c4)c3c2=O)C1. The van der Waals surface area contributed by atoms with E-state index < -0.39 is 5.67 Å². The molecule has 0 bridgehead atoms. The van der Waals surface area contributed by atoms with Crippen molar-refractivity contribution in [2.45, 2.75) is 32.5 Å². The highest BCUT2D eigenvalue weighted by molar-refractivity contribution is 6.41. The Morgan fingerprint density at radius 2 is 2.07 bits per heavy atom. The number of halogens is 3. The molecule has 1 aliphatic rings. The van der Waals surface area contributed by atoms with E-state index >= 15 is 0 Å². The van der Waals surface area contributed by atoms with Gasteiger partial charge in [-0.25, -0.2) is 9.37 Å². The number of pyridine rings is 1. The van der Waals surface area contributed by atoms with Crippen molar-refractivity contribution in [1.82, 2.24) is 18.9 Å². The fraction of sp³-hybridized carbons (Fsp3) is 0.350. The van der Waals surface area contributed by atoms with E-state index in [1.165, 1.54) is 9.47 Å². The Balaban J connectivity index is 1.71. The van der Waals surface area contributed by atoms with E-state index in [1.54, 1.807) is 42.0 Å². The van der Waals surface area contributed by atoms with Crippen LogP contribution in [0.3, 0.4) is 0 Å². The zero-order valence-electron chi connectivity index (χ0n) is 16.0. The molecule has 29 heavy (non-hydrogen) atoms. The molecule has 1 saturated heterocycles. The standard InChI is InChI=1S/C20H19Cl2FN4O2/c1-3-20(23)10-26(11-20)16(28)9-25-8-12(2)27-5-4-14(17(27)19(25)29)13-6-15(21)18(22)24-7-13/h4-8H,3,9-11H2,1-2H3. The van der Waals surface area contributed by atoms with Crippen LogP contribution < -0.4 is 5.56 Å². The van der Waals surface area contributed by atoms with Crippen LogP contribution in [0.15, 0.2) is 35.5 Å². The molecule has 3 aromatic rings. The summed E-state index contributed by atoms with van der Waals surface area (Å²) in [5.41, 5.74) is 0.853. The van der Waals surface area contributed by atoms with Gasteiger partial charge in [0.25, 0.3) is 5.56 Å². The molecule has 1 amide bonds. The molecular weight excluding hydrogens is 418 g/mol. The number of nitrogens with zero attached hydrogens (tertiary/aromatic N) is 4. The van der Waals surface area contributed by atoms with Gasteiger partial charge in [0.15, 0.2) is 0 Å². The first-order chi connectivity index (χ1) is 13.7. The van der Waals surface area contributed by atoms with Crippen molar-refractivity contribution >= 4 is 34.6 Å². The van der Waals surface area contributed by atoms with Gasteiger partial charge in [0.2, 0.25) is 5.91 Å². The molecule has 4 rings (SSSR count). The molecule has 0 saturated carbocycles. The van der Waals surface area contributed by atoms with Crippen LogP contribution in [-0.4, -0.2) is 43.5 Å². The molecule has 1 aliphatic heterocycles. The van der Waals surface area contributed by atoms with Gasteiger partial charge in [0.05, 0.1) is 18.1 Å². The summed E-state index contributed by atoms with van der Waals surface area (Å²) in [5.74, 6) is -0.276. The molecule has 3 aromatic heterocycles. The maximum atomic E-state index is 14.1. The normalized spacial score (nSPS) is 15.6. The van der Waals surface area contributed by atoms with Crippen LogP contribution in [0.2, 0.25) is 10.2 Å². The van der Waals surface area contributed by atoms with E-state index in [1.807, 2.05) is 6.92 Å². The third-order valence-electron chi connectivity index (χ3n) is 5.42. The van der Waals surface area contributed by atoms with Crippen molar-refractivity contribution in [2.75, 3.05) is 13.1 Å². The van der Waals surface area contributed by atoms with Crippen LogP contribution in [0.25, 0.3) is 16.6 Å². The van der Waals surface area contributed by atoms with Gasteiger partial charge >= 0.3 is 0 Å². The average molecular weight is 437 g/mol. The molecule has 0 radical (unpaired) electrons. The Kier molecular flexibility index (Phi) is 4.91. The molecule has 0 N–H and O–H groups in total. The molecule has 152 valence electrons. The Hall–Kier alpha value is -2.38. The fourth-order valence-corrected chi connectivity index (χ4v) is 3.90. The first kappa shape index (κ1) is 19.9. The van der Waals surface area contributed by atoms with Gasteiger partial charge < -0.3 is 13.9 Å². The highest BCUT2D eigenvalue weighted by atomic mass is 35.5. The van der Waals surface area contributed by atoms with E-state index in [0.29, 0.717) is 23.1 Å². The summed E-state index contributed by atoms with van der Waals surface area (Å²) in [6.07, 6.45) is 5.33. The lowest BCUT2D eigenvalue weighted by molar-refractivity contribution is -0.146. The maximum Gasteiger partial charge on any atom is 0.275 e. The van der Waals surface area contributed by atoms with Crippen molar-refractivity contribution in [2.24, 2.45) is 0 Å². The molecule has 4 heterocycles. The average Bonchev–Trinajstić information content (AvgIpc) is 3.11. The lowest BCUT2D eigenvalue weighted by Crippen LogP contribution is -2.61. The summed E-state index contributed by atoms with van der Waals surface area (Å²) >= 11 is 12.0. The van der Waals surface area contributed by atoms with Crippen molar-refractivity contribution in [3.63, 3.8) is 0 Å². The Bertz CT molecular complexity index is 1180. The molecule has 0 aromatic carbocycles. The Morgan fingerprint density at radius 3 is 2.72 bits per heavy atom. The van der Waals surface area contributed by atoms with Gasteiger partial charge in [-0.15, -0.1) is 0 Å². The predicted molar refractivity (Wildman–Crippen MR) is 110 cm³/mol. The third kappa shape index (κ3) is 3.42. The Morgan fingerprint density at radius 1 is 1.34 bits per heavy atom. The number of carbonyl (C=O) groups excluding carboxylic acids is 1. The number of alkyl halides is 1. The second kappa shape index (κ2) is 7.15. The zero-order valence-corrected chi connectivity index (χ0v) is 17.5. The predicted octanol–water partition coefficient (Wildman–Crippen LogP) is 3.74. The van der Waals surface area contributed by atoms with Gasteiger partial charge in [-0.3, -0.25) is 9.59 Å². The quantitative estimate of drug-likeness (QED) is 0.585. The van der Waals surface area contributed by atoms with Crippen molar-refractivity contribution in [1.29, 1.82) is 0 Å². The van der Waals surface area contributed by atoms with Crippen LogP contribution in [0.4, 0.5) is 4.39 Å². The van der Waals surface area contributed by atoms with Gasteiger partial charge in [-0.2, -0.15) is 0 Å². The van der Waals surface area contributed by atoms with Gasteiger partial charge in [0, 0.05) is 35.4 Å². The minimum atomic E-state index is -1.31. The third-order valence-corrected chi connectivity index (χ3v) is 6.11. The number of hydrogen-bond donors (Lipinski definition) is 0. The van der Waals surface area contributed by atoms with Gasteiger partial charge in [-0.05, 0) is 25.5 Å². The van der Waals surface area contributed by atoms with E-state index in [9.17, 15) is 14.0 Å². The summed E-state index contributed by atoms with van der Waals surface area (Å²) in [4.78, 5) is 31.2. The maximum absolute atomic E-state index is 14.1. The van der Waals surface area contributed by atoms with Crippen LogP contribution in [-0.2, 0) is 11.3 Å². The van der Waals surface area contributed by atoms with E-state index in [4.69, 9.17) is 23.2 Å². The highest BCUT2D eigenvalue weighted by Crippen LogP contribution is 2.30. The van der Waals surface area contributed by atoms with Crippen LogP contribution in [0.5, 0.6) is 0 Å². The molecule has 1 fully saturated rings. The number of hydrogen-bond acceptors (Lipinski definition) is 3. The molecule has 0 spiro atoms. The summed E-state index contributed by atoms with van der Waals surface area (Å²) < 4.78 is 17.2. The summed E-state index contributed by atoms with van der Waals surface area (Å²) in [6, 6.07) is 3.44. The fourth-order valence-electron chi connectivity index (χ4n) is 3.63. The summed E-state index contributed by atoms with van der Waals surface area (Å²) in [7, 11) is 0. The van der Waals surface area contributed by atoms with E-state index in [2.05, 4.69) is 4.98 Å². The lowest BCUT2D eigenvalue weighted by atomic mass is 9.93. The van der Waals surface area contributed by atoms with Crippen molar-refractivity contribution in [3.05, 3.63) is 56.9 Å². The minimum absolute atomic E-state index is 0.0730. The Labute approximate surface area is 176 Å². The zero-order chi connectivity index (χ0) is 20.9. The second-order valence-electron chi connectivity index (χ2n) is 7.40. The van der Waals surface area contributed by atoms with Gasteiger partial charge in [-0.1, -0.05) is 30.1 Å². The van der Waals surface area contributed by atoms with Crippen LogP contribution in [0.1, 0.15) is 19.0 Å². The molecule has 6 nitrogen and oxygen atoms in total. The van der Waals surface area contributed by atoms with E-state index in [0.717, 1.165) is 5.69 Å². The minimum Gasteiger partial charge on any atom is -0.335 e. The van der Waals surface area contributed by atoms with E-state index in [-0.39, 0.29) is 41.3 Å².